The number of nitrogens with one attached hydrogen (secondary N) is 2. The summed E-state index contributed by atoms with van der Waals surface area (Å²) in [6.45, 7) is 2.09. The highest BCUT2D eigenvalue weighted by atomic mass is 16.5. The molecule has 26 heavy (non-hydrogen) atoms. The Bertz CT molecular complexity index is 877. The Labute approximate surface area is 152 Å². The molecule has 0 spiro atoms. The van der Waals surface area contributed by atoms with Gasteiger partial charge in [0.25, 0.3) is 5.91 Å². The van der Waals surface area contributed by atoms with Crippen molar-refractivity contribution in [2.24, 2.45) is 0 Å². The van der Waals surface area contributed by atoms with E-state index in [0.717, 1.165) is 23.5 Å². The zero-order valence-electron chi connectivity index (χ0n) is 14.7. The SMILES string of the molecule is CCc1ccc(NC(=O)c2ccc(Nc3cccc(OC)c3)nn2)cc1. The molecule has 0 unspecified atom stereocenters. The van der Waals surface area contributed by atoms with Crippen LogP contribution in [0.2, 0.25) is 0 Å². The third kappa shape index (κ3) is 4.36. The molecule has 0 fully saturated rings. The number of ether oxygens (including phenoxy) is 1. The van der Waals surface area contributed by atoms with E-state index in [4.69, 9.17) is 4.74 Å². The van der Waals surface area contributed by atoms with E-state index in [1.807, 2.05) is 48.5 Å². The summed E-state index contributed by atoms with van der Waals surface area (Å²) in [6, 6.07) is 18.5. The Morgan fingerprint density at radius 2 is 1.81 bits per heavy atom. The highest BCUT2D eigenvalue weighted by molar-refractivity contribution is 6.02. The third-order valence-corrected chi connectivity index (χ3v) is 3.86. The zero-order chi connectivity index (χ0) is 18.4. The van der Waals surface area contributed by atoms with Gasteiger partial charge in [-0.3, -0.25) is 4.79 Å². The fraction of sp³-hybridized carbons (Fsp3) is 0.150. The van der Waals surface area contributed by atoms with Crippen molar-refractivity contribution in [3.05, 3.63) is 71.9 Å². The van der Waals surface area contributed by atoms with Gasteiger partial charge in [0.05, 0.1) is 7.11 Å². The van der Waals surface area contributed by atoms with Crippen LogP contribution in [0.4, 0.5) is 17.2 Å². The van der Waals surface area contributed by atoms with Crippen LogP contribution in [0.25, 0.3) is 0 Å². The number of aromatic nitrogens is 2. The summed E-state index contributed by atoms with van der Waals surface area (Å²) in [5.41, 5.74) is 3.02. The van der Waals surface area contributed by atoms with E-state index < -0.39 is 0 Å². The summed E-state index contributed by atoms with van der Waals surface area (Å²) < 4.78 is 5.19. The van der Waals surface area contributed by atoms with Crippen molar-refractivity contribution in [2.75, 3.05) is 17.7 Å². The van der Waals surface area contributed by atoms with Crippen molar-refractivity contribution >= 4 is 23.1 Å². The van der Waals surface area contributed by atoms with Crippen LogP contribution in [0.3, 0.4) is 0 Å². The van der Waals surface area contributed by atoms with Crippen molar-refractivity contribution in [1.82, 2.24) is 10.2 Å². The summed E-state index contributed by atoms with van der Waals surface area (Å²) >= 11 is 0. The van der Waals surface area contributed by atoms with Crippen LogP contribution < -0.4 is 15.4 Å². The van der Waals surface area contributed by atoms with Gasteiger partial charge in [-0.2, -0.15) is 0 Å². The molecule has 0 aliphatic carbocycles. The Morgan fingerprint density at radius 3 is 2.46 bits per heavy atom. The van der Waals surface area contributed by atoms with Gasteiger partial charge in [0.2, 0.25) is 0 Å². The van der Waals surface area contributed by atoms with Crippen LogP contribution in [-0.4, -0.2) is 23.2 Å². The fourth-order valence-corrected chi connectivity index (χ4v) is 2.39. The molecule has 0 bridgehead atoms. The monoisotopic (exact) mass is 348 g/mol. The maximum atomic E-state index is 12.3. The van der Waals surface area contributed by atoms with E-state index in [2.05, 4.69) is 27.8 Å². The number of hydrogen-bond acceptors (Lipinski definition) is 5. The molecule has 6 heteroatoms. The highest BCUT2D eigenvalue weighted by Crippen LogP contribution is 2.20. The number of anilines is 3. The molecular formula is C20H20N4O2. The van der Waals surface area contributed by atoms with Gasteiger partial charge >= 0.3 is 0 Å². The zero-order valence-corrected chi connectivity index (χ0v) is 14.7. The average molecular weight is 348 g/mol. The second-order valence-corrected chi connectivity index (χ2v) is 5.67. The average Bonchev–Trinajstić information content (AvgIpc) is 2.69. The predicted molar refractivity (Wildman–Crippen MR) is 102 cm³/mol. The predicted octanol–water partition coefficient (Wildman–Crippen LogP) is 4.04. The fourth-order valence-electron chi connectivity index (χ4n) is 2.39. The van der Waals surface area contributed by atoms with Gasteiger partial charge in [0.15, 0.2) is 11.5 Å². The van der Waals surface area contributed by atoms with Gasteiger partial charge in [-0.25, -0.2) is 0 Å². The first-order chi connectivity index (χ1) is 12.7. The number of benzene rings is 2. The molecule has 1 heterocycles. The molecule has 3 aromatic rings. The number of nitrogens with zero attached hydrogens (tertiary/aromatic N) is 2. The molecule has 0 saturated carbocycles. The lowest BCUT2D eigenvalue weighted by Gasteiger charge is -2.08. The summed E-state index contributed by atoms with van der Waals surface area (Å²) in [7, 11) is 1.61. The summed E-state index contributed by atoms with van der Waals surface area (Å²) in [6.07, 6.45) is 0.960. The Kier molecular flexibility index (Phi) is 5.43. The van der Waals surface area contributed by atoms with E-state index in [-0.39, 0.29) is 11.6 Å². The number of amides is 1. The second kappa shape index (κ2) is 8.11. The van der Waals surface area contributed by atoms with Gasteiger partial charge in [0, 0.05) is 17.4 Å². The number of rotatable bonds is 6. The molecule has 6 nitrogen and oxygen atoms in total. The minimum atomic E-state index is -0.297. The van der Waals surface area contributed by atoms with Crippen LogP contribution in [0.1, 0.15) is 23.0 Å². The van der Waals surface area contributed by atoms with Crippen molar-refractivity contribution < 1.29 is 9.53 Å². The van der Waals surface area contributed by atoms with E-state index in [9.17, 15) is 4.79 Å². The molecule has 3 rings (SSSR count). The second-order valence-electron chi connectivity index (χ2n) is 5.67. The van der Waals surface area contributed by atoms with Crippen LogP contribution in [0.5, 0.6) is 5.75 Å². The maximum absolute atomic E-state index is 12.3. The van der Waals surface area contributed by atoms with Gasteiger partial charge in [-0.1, -0.05) is 25.1 Å². The molecular weight excluding hydrogens is 328 g/mol. The number of hydrogen-bond donors (Lipinski definition) is 2. The molecule has 0 aliphatic rings. The van der Waals surface area contributed by atoms with Gasteiger partial charge in [0.1, 0.15) is 5.75 Å². The van der Waals surface area contributed by atoms with Crippen molar-refractivity contribution in [2.45, 2.75) is 13.3 Å². The first-order valence-electron chi connectivity index (χ1n) is 8.33. The lowest BCUT2D eigenvalue weighted by Crippen LogP contribution is -2.14. The van der Waals surface area contributed by atoms with Crippen molar-refractivity contribution in [3.63, 3.8) is 0 Å². The van der Waals surface area contributed by atoms with Crippen molar-refractivity contribution in [1.29, 1.82) is 0 Å². The minimum absolute atomic E-state index is 0.251. The Hall–Kier alpha value is -3.41. The molecule has 0 atom stereocenters. The van der Waals surface area contributed by atoms with Crippen LogP contribution >= 0.6 is 0 Å². The van der Waals surface area contributed by atoms with E-state index in [1.54, 1.807) is 19.2 Å². The first kappa shape index (κ1) is 17.4. The molecule has 132 valence electrons. The Balaban J connectivity index is 1.65. The smallest absolute Gasteiger partial charge is 0.276 e. The molecule has 2 aromatic carbocycles. The first-order valence-corrected chi connectivity index (χ1v) is 8.33. The van der Waals surface area contributed by atoms with E-state index in [1.165, 1.54) is 5.56 Å². The topological polar surface area (TPSA) is 76.1 Å². The number of carbonyl (C=O) groups excluding carboxylic acids is 1. The molecule has 0 aliphatic heterocycles. The van der Waals surface area contributed by atoms with Crippen LogP contribution in [0, 0.1) is 0 Å². The number of methoxy groups -OCH3 is 1. The number of aryl methyl sites for hydroxylation is 1. The summed E-state index contributed by atoms with van der Waals surface area (Å²) in [4.78, 5) is 12.3. The third-order valence-electron chi connectivity index (χ3n) is 3.86. The van der Waals surface area contributed by atoms with Gasteiger partial charge < -0.3 is 15.4 Å². The van der Waals surface area contributed by atoms with Gasteiger partial charge in [-0.15, -0.1) is 10.2 Å². The van der Waals surface area contributed by atoms with Crippen LogP contribution in [0.15, 0.2) is 60.7 Å². The largest absolute Gasteiger partial charge is 0.497 e. The molecule has 2 N–H and O–H groups in total. The molecule has 1 amide bonds. The quantitative estimate of drug-likeness (QED) is 0.703. The normalized spacial score (nSPS) is 10.2. The number of carbonyl (C=O) groups is 1. The summed E-state index contributed by atoms with van der Waals surface area (Å²) in [5, 5.41) is 14.0. The molecule has 0 radical (unpaired) electrons. The van der Waals surface area contributed by atoms with E-state index in [0.29, 0.717) is 5.82 Å². The van der Waals surface area contributed by atoms with Gasteiger partial charge in [-0.05, 0) is 48.4 Å². The summed E-state index contributed by atoms with van der Waals surface area (Å²) in [5.74, 6) is 0.991. The molecule has 0 saturated heterocycles. The minimum Gasteiger partial charge on any atom is -0.497 e. The van der Waals surface area contributed by atoms with Crippen LogP contribution in [-0.2, 0) is 6.42 Å². The highest BCUT2D eigenvalue weighted by Gasteiger charge is 2.09. The standard InChI is InChI=1S/C20H20N4O2/c1-3-14-7-9-15(10-8-14)22-20(25)18-11-12-19(24-23-18)21-16-5-4-6-17(13-16)26-2/h4-13H,3H2,1-2H3,(H,21,24)(H,22,25). The van der Waals surface area contributed by atoms with Crippen molar-refractivity contribution in [3.8, 4) is 5.75 Å². The lowest BCUT2D eigenvalue weighted by molar-refractivity contribution is 0.102. The van der Waals surface area contributed by atoms with E-state index >= 15 is 0 Å². The maximum Gasteiger partial charge on any atom is 0.276 e. The Morgan fingerprint density at radius 1 is 1.00 bits per heavy atom. The molecule has 1 aromatic heterocycles. The lowest BCUT2D eigenvalue weighted by atomic mass is 10.1.